The lowest BCUT2D eigenvalue weighted by molar-refractivity contribution is -0.261. The fourth-order valence-electron chi connectivity index (χ4n) is 4.07. The molecule has 1 heterocycles. The lowest BCUT2D eigenvalue weighted by Crippen LogP contribution is -2.56. The molecule has 0 radical (unpaired) electrons. The Kier molecular flexibility index (Phi) is 5.22. The molecular formula is C22H22O9. The number of ether oxygens (including phenoxy) is 2. The van der Waals surface area contributed by atoms with Gasteiger partial charge in [0.1, 0.15) is 11.9 Å². The Bertz CT molecular complexity index is 1080. The molecule has 2 unspecified atom stereocenters. The number of benzene rings is 2. The molecule has 0 spiro atoms. The van der Waals surface area contributed by atoms with Crippen molar-refractivity contribution in [1.82, 2.24) is 0 Å². The first kappa shape index (κ1) is 21.3. The normalized spacial score (nSPS) is 27.6. The van der Waals surface area contributed by atoms with E-state index in [0.717, 1.165) is 0 Å². The quantitative estimate of drug-likeness (QED) is 0.403. The third kappa shape index (κ3) is 3.17. The largest absolute Gasteiger partial charge is 0.507 e. The Labute approximate surface area is 177 Å². The molecule has 31 heavy (non-hydrogen) atoms. The van der Waals surface area contributed by atoms with Gasteiger partial charge in [-0.25, -0.2) is 0 Å². The number of hydrogen-bond acceptors (Lipinski definition) is 9. The SMILES string of the molecule is Cc1cc2c(c(O)c1O[C@H]1OC(CO)[C@H](C)C(O)[C@H]1O)C(=O)c1c(O)cccc1C2=O. The molecule has 0 bridgehead atoms. The number of phenols is 2. The van der Waals surface area contributed by atoms with Crippen molar-refractivity contribution >= 4 is 11.6 Å². The Balaban J connectivity index is 1.77. The minimum absolute atomic E-state index is 0.0268. The number of hydrogen-bond donors (Lipinski definition) is 5. The molecule has 1 aliphatic heterocycles. The van der Waals surface area contributed by atoms with Crippen LogP contribution in [0.25, 0.3) is 0 Å². The first-order chi connectivity index (χ1) is 14.7. The van der Waals surface area contributed by atoms with Gasteiger partial charge >= 0.3 is 0 Å². The average Bonchev–Trinajstić information content (AvgIpc) is 2.74. The van der Waals surface area contributed by atoms with Gasteiger partial charge in [-0.3, -0.25) is 9.59 Å². The lowest BCUT2D eigenvalue weighted by atomic mass is 9.82. The number of aliphatic hydroxyl groups is 3. The molecule has 5 atom stereocenters. The van der Waals surface area contributed by atoms with E-state index in [2.05, 4.69) is 0 Å². The second kappa shape index (κ2) is 7.61. The van der Waals surface area contributed by atoms with Crippen molar-refractivity contribution in [2.45, 2.75) is 38.4 Å². The van der Waals surface area contributed by atoms with Crippen LogP contribution in [0, 0.1) is 12.8 Å². The van der Waals surface area contributed by atoms with Gasteiger partial charge in [-0.05, 0) is 24.6 Å². The number of carbonyl (C=O) groups is 2. The molecule has 1 fully saturated rings. The van der Waals surface area contributed by atoms with E-state index >= 15 is 0 Å². The maximum Gasteiger partial charge on any atom is 0.229 e. The number of aryl methyl sites for hydroxylation is 1. The molecule has 1 aliphatic carbocycles. The van der Waals surface area contributed by atoms with Crippen LogP contribution in [0.5, 0.6) is 17.2 Å². The zero-order valence-corrected chi connectivity index (χ0v) is 16.8. The molecule has 2 aliphatic rings. The van der Waals surface area contributed by atoms with Crippen molar-refractivity contribution in [3.63, 3.8) is 0 Å². The summed E-state index contributed by atoms with van der Waals surface area (Å²) in [5.41, 5.74) is -0.289. The smallest absolute Gasteiger partial charge is 0.229 e. The summed E-state index contributed by atoms with van der Waals surface area (Å²) in [6.07, 6.45) is -5.02. The maximum atomic E-state index is 13.0. The molecule has 0 amide bonds. The Morgan fingerprint density at radius 2 is 1.74 bits per heavy atom. The van der Waals surface area contributed by atoms with E-state index in [4.69, 9.17) is 9.47 Å². The van der Waals surface area contributed by atoms with E-state index in [1.54, 1.807) is 6.92 Å². The van der Waals surface area contributed by atoms with Gasteiger partial charge in [0.2, 0.25) is 12.1 Å². The fraction of sp³-hybridized carbons (Fsp3) is 0.364. The molecule has 4 rings (SSSR count). The summed E-state index contributed by atoms with van der Waals surface area (Å²) < 4.78 is 11.2. The summed E-state index contributed by atoms with van der Waals surface area (Å²) in [6.45, 7) is 2.70. The van der Waals surface area contributed by atoms with Crippen molar-refractivity contribution in [3.05, 3.63) is 52.1 Å². The van der Waals surface area contributed by atoms with Gasteiger partial charge < -0.3 is 35.0 Å². The van der Waals surface area contributed by atoms with Gasteiger partial charge in [0.05, 0.1) is 29.9 Å². The number of aliphatic hydroxyl groups excluding tert-OH is 3. The van der Waals surface area contributed by atoms with Gasteiger partial charge in [-0.2, -0.15) is 0 Å². The van der Waals surface area contributed by atoms with Crippen LogP contribution in [0.4, 0.5) is 0 Å². The van der Waals surface area contributed by atoms with Crippen molar-refractivity contribution < 1.29 is 44.6 Å². The van der Waals surface area contributed by atoms with E-state index in [1.165, 1.54) is 31.2 Å². The van der Waals surface area contributed by atoms with Crippen LogP contribution < -0.4 is 4.74 Å². The Morgan fingerprint density at radius 3 is 2.42 bits per heavy atom. The van der Waals surface area contributed by atoms with Crippen LogP contribution in [-0.2, 0) is 4.74 Å². The standard InChI is InChI=1S/C22H22O9/c1-8-6-11-15(18(27)14-10(17(11)26)4-3-5-12(14)24)19(28)21(8)31-22-20(29)16(25)9(2)13(7-23)30-22/h3-6,9,13,16,20,22-25,28-29H,7H2,1-2H3/t9-,13?,16?,20+,22+/m0/s1. The van der Waals surface area contributed by atoms with Crippen molar-refractivity contribution in [2.24, 2.45) is 5.92 Å². The van der Waals surface area contributed by atoms with Gasteiger partial charge in [0, 0.05) is 17.0 Å². The zero-order valence-electron chi connectivity index (χ0n) is 16.8. The van der Waals surface area contributed by atoms with Crippen molar-refractivity contribution in [2.75, 3.05) is 6.61 Å². The molecule has 0 aromatic heterocycles. The Morgan fingerprint density at radius 1 is 1.03 bits per heavy atom. The summed E-state index contributed by atoms with van der Waals surface area (Å²) >= 11 is 0. The second-order valence-electron chi connectivity index (χ2n) is 7.84. The average molecular weight is 430 g/mol. The summed E-state index contributed by atoms with van der Waals surface area (Å²) in [5, 5.41) is 51.0. The summed E-state index contributed by atoms with van der Waals surface area (Å²) in [6, 6.07) is 5.50. The topological polar surface area (TPSA) is 154 Å². The summed E-state index contributed by atoms with van der Waals surface area (Å²) in [5.74, 6) is -3.12. The number of phenolic OH excluding ortho intramolecular Hbond substituents is 2. The van der Waals surface area contributed by atoms with Crippen LogP contribution in [0.1, 0.15) is 44.3 Å². The minimum Gasteiger partial charge on any atom is -0.507 e. The molecule has 2 aromatic rings. The molecule has 1 saturated heterocycles. The van der Waals surface area contributed by atoms with E-state index in [-0.39, 0.29) is 33.6 Å². The highest BCUT2D eigenvalue weighted by molar-refractivity contribution is 6.30. The molecule has 5 N–H and O–H groups in total. The predicted octanol–water partition coefficient (Wildman–Crippen LogP) is 0.636. The van der Waals surface area contributed by atoms with Gasteiger partial charge in [0.25, 0.3) is 0 Å². The minimum atomic E-state index is -1.49. The first-order valence-corrected chi connectivity index (χ1v) is 9.74. The van der Waals surface area contributed by atoms with E-state index in [1.807, 2.05) is 0 Å². The first-order valence-electron chi connectivity index (χ1n) is 9.74. The summed E-state index contributed by atoms with van der Waals surface area (Å²) in [4.78, 5) is 25.9. The predicted molar refractivity (Wildman–Crippen MR) is 105 cm³/mol. The lowest BCUT2D eigenvalue weighted by Gasteiger charge is -2.40. The monoisotopic (exact) mass is 430 g/mol. The molecule has 164 valence electrons. The Hall–Kier alpha value is -2.98. The van der Waals surface area contributed by atoms with Crippen LogP contribution in [0.15, 0.2) is 24.3 Å². The summed E-state index contributed by atoms with van der Waals surface area (Å²) in [7, 11) is 0. The number of rotatable bonds is 3. The van der Waals surface area contributed by atoms with Crippen LogP contribution in [-0.4, -0.2) is 68.3 Å². The number of ketones is 2. The highest BCUT2D eigenvalue weighted by atomic mass is 16.7. The maximum absolute atomic E-state index is 13.0. The highest BCUT2D eigenvalue weighted by Gasteiger charge is 2.44. The fourth-order valence-corrected chi connectivity index (χ4v) is 4.07. The third-order valence-electron chi connectivity index (χ3n) is 5.90. The van der Waals surface area contributed by atoms with Gasteiger partial charge in [-0.15, -0.1) is 0 Å². The van der Waals surface area contributed by atoms with Crippen LogP contribution in [0.3, 0.4) is 0 Å². The van der Waals surface area contributed by atoms with E-state index in [0.29, 0.717) is 0 Å². The molecule has 9 nitrogen and oxygen atoms in total. The third-order valence-corrected chi connectivity index (χ3v) is 5.90. The highest BCUT2D eigenvalue weighted by Crippen LogP contribution is 2.43. The van der Waals surface area contributed by atoms with Crippen LogP contribution >= 0.6 is 0 Å². The number of aromatic hydroxyl groups is 2. The number of fused-ring (bicyclic) bond motifs is 2. The van der Waals surface area contributed by atoms with Crippen molar-refractivity contribution in [3.8, 4) is 17.2 Å². The molecule has 9 heteroatoms. The van der Waals surface area contributed by atoms with E-state index < -0.39 is 60.2 Å². The second-order valence-corrected chi connectivity index (χ2v) is 7.84. The molecule has 0 saturated carbocycles. The molecular weight excluding hydrogens is 408 g/mol. The zero-order chi connectivity index (χ0) is 22.6. The van der Waals surface area contributed by atoms with Gasteiger partial charge in [-0.1, -0.05) is 19.1 Å². The molecule has 2 aromatic carbocycles. The van der Waals surface area contributed by atoms with Gasteiger partial charge in [0.15, 0.2) is 17.3 Å². The van der Waals surface area contributed by atoms with E-state index in [9.17, 15) is 35.1 Å². The van der Waals surface area contributed by atoms with Crippen LogP contribution in [0.2, 0.25) is 0 Å². The van der Waals surface area contributed by atoms with Crippen molar-refractivity contribution in [1.29, 1.82) is 0 Å². The number of carbonyl (C=O) groups excluding carboxylic acids is 2.